The van der Waals surface area contributed by atoms with Crippen molar-refractivity contribution in [2.75, 3.05) is 6.61 Å². The molecule has 1 fully saturated rings. The van der Waals surface area contributed by atoms with Crippen LogP contribution < -0.4 is 5.32 Å². The number of hydrogen-bond acceptors (Lipinski definition) is 2. The summed E-state index contributed by atoms with van der Waals surface area (Å²) >= 11 is 0. The molecule has 0 aromatic rings. The van der Waals surface area contributed by atoms with Crippen molar-refractivity contribution in [3.8, 4) is 0 Å². The predicted molar refractivity (Wildman–Crippen MR) is 55.8 cm³/mol. The third kappa shape index (κ3) is 3.28. The Morgan fingerprint density at radius 1 is 1.38 bits per heavy atom. The maximum atomic E-state index is 9.42. The molecule has 0 aromatic heterocycles. The van der Waals surface area contributed by atoms with E-state index in [1.54, 1.807) is 0 Å². The molecule has 2 N–H and O–H groups in total. The van der Waals surface area contributed by atoms with Gasteiger partial charge in [0.2, 0.25) is 0 Å². The van der Waals surface area contributed by atoms with Gasteiger partial charge < -0.3 is 10.4 Å². The number of nitrogens with one attached hydrogen (secondary N) is 1. The molecule has 0 heterocycles. The highest BCUT2D eigenvalue weighted by Crippen LogP contribution is 2.27. The van der Waals surface area contributed by atoms with E-state index < -0.39 is 0 Å². The second kappa shape index (κ2) is 4.97. The Labute approximate surface area is 81.7 Å². The molecule has 0 saturated heterocycles. The first kappa shape index (κ1) is 11.0. The zero-order chi connectivity index (χ0) is 9.73. The minimum absolute atomic E-state index is 0.0250. The van der Waals surface area contributed by atoms with Crippen molar-refractivity contribution in [1.29, 1.82) is 0 Å². The topological polar surface area (TPSA) is 32.3 Å². The molecule has 2 nitrogen and oxygen atoms in total. The van der Waals surface area contributed by atoms with Crippen LogP contribution in [0.25, 0.3) is 0 Å². The first-order chi connectivity index (χ1) is 6.26. The summed E-state index contributed by atoms with van der Waals surface area (Å²) in [5.41, 5.74) is 0.0250. The lowest BCUT2D eigenvalue weighted by atomic mass is 9.90. The molecular formula is C11H23NO. The Balaban J connectivity index is 2.38. The molecule has 1 aliphatic carbocycles. The van der Waals surface area contributed by atoms with Crippen LogP contribution in [0.4, 0.5) is 0 Å². The lowest BCUT2D eigenvalue weighted by molar-refractivity contribution is 0.142. The summed E-state index contributed by atoms with van der Waals surface area (Å²) in [7, 11) is 0. The maximum absolute atomic E-state index is 9.42. The van der Waals surface area contributed by atoms with E-state index in [1.807, 2.05) is 0 Å². The van der Waals surface area contributed by atoms with Gasteiger partial charge in [-0.1, -0.05) is 26.7 Å². The standard InChI is InChI=1S/C11H23NO/c1-3-5-8-11(4-2,9-13)12-10-6-7-10/h10,12-13H,3-9H2,1-2H3. The summed E-state index contributed by atoms with van der Waals surface area (Å²) < 4.78 is 0. The smallest absolute Gasteiger partial charge is 0.0613 e. The summed E-state index contributed by atoms with van der Waals surface area (Å²) in [6, 6.07) is 0.698. The molecule has 78 valence electrons. The number of aliphatic hydroxyl groups excluding tert-OH is 1. The van der Waals surface area contributed by atoms with Crippen molar-refractivity contribution in [2.24, 2.45) is 0 Å². The summed E-state index contributed by atoms with van der Waals surface area (Å²) in [4.78, 5) is 0. The van der Waals surface area contributed by atoms with E-state index in [2.05, 4.69) is 19.2 Å². The first-order valence-corrected chi connectivity index (χ1v) is 5.65. The van der Waals surface area contributed by atoms with Crippen LogP contribution in [-0.2, 0) is 0 Å². The zero-order valence-electron chi connectivity index (χ0n) is 8.97. The number of rotatable bonds is 7. The molecule has 1 saturated carbocycles. The Morgan fingerprint density at radius 2 is 2.08 bits per heavy atom. The highest BCUT2D eigenvalue weighted by Gasteiger charge is 2.33. The molecule has 1 unspecified atom stereocenters. The largest absolute Gasteiger partial charge is 0.394 e. The average molecular weight is 185 g/mol. The summed E-state index contributed by atoms with van der Waals surface area (Å²) in [6.07, 6.45) is 7.19. The fraction of sp³-hybridized carbons (Fsp3) is 1.00. The van der Waals surface area contributed by atoms with Crippen LogP contribution in [0.3, 0.4) is 0 Å². The van der Waals surface area contributed by atoms with Gasteiger partial charge in [-0.15, -0.1) is 0 Å². The molecule has 1 atom stereocenters. The van der Waals surface area contributed by atoms with Crippen LogP contribution in [0, 0.1) is 0 Å². The van der Waals surface area contributed by atoms with E-state index >= 15 is 0 Å². The van der Waals surface area contributed by atoms with E-state index in [-0.39, 0.29) is 5.54 Å². The zero-order valence-corrected chi connectivity index (χ0v) is 8.97. The minimum Gasteiger partial charge on any atom is -0.394 e. The lowest BCUT2D eigenvalue weighted by Crippen LogP contribution is -2.49. The van der Waals surface area contributed by atoms with Gasteiger partial charge in [-0.3, -0.25) is 0 Å². The molecular weight excluding hydrogens is 162 g/mol. The van der Waals surface area contributed by atoms with Crippen LogP contribution in [0.5, 0.6) is 0 Å². The van der Waals surface area contributed by atoms with E-state index in [0.717, 1.165) is 12.8 Å². The second-order valence-electron chi connectivity index (χ2n) is 4.31. The molecule has 0 bridgehead atoms. The van der Waals surface area contributed by atoms with Gasteiger partial charge in [0.25, 0.3) is 0 Å². The normalized spacial score (nSPS) is 21.5. The van der Waals surface area contributed by atoms with Crippen molar-refractivity contribution in [2.45, 2.75) is 64.0 Å². The van der Waals surface area contributed by atoms with Gasteiger partial charge in [-0.2, -0.15) is 0 Å². The molecule has 0 aliphatic heterocycles. The monoisotopic (exact) mass is 185 g/mol. The summed E-state index contributed by atoms with van der Waals surface area (Å²) in [5.74, 6) is 0. The van der Waals surface area contributed by atoms with E-state index in [0.29, 0.717) is 12.6 Å². The number of hydrogen-bond donors (Lipinski definition) is 2. The van der Waals surface area contributed by atoms with Crippen LogP contribution in [-0.4, -0.2) is 23.3 Å². The molecule has 13 heavy (non-hydrogen) atoms. The van der Waals surface area contributed by atoms with Crippen molar-refractivity contribution >= 4 is 0 Å². The lowest BCUT2D eigenvalue weighted by Gasteiger charge is -2.32. The van der Waals surface area contributed by atoms with Gasteiger partial charge >= 0.3 is 0 Å². The second-order valence-corrected chi connectivity index (χ2v) is 4.31. The third-order valence-electron chi connectivity index (χ3n) is 3.08. The summed E-state index contributed by atoms with van der Waals surface area (Å²) in [5, 5.41) is 13.0. The Kier molecular flexibility index (Phi) is 4.20. The fourth-order valence-corrected chi connectivity index (χ4v) is 1.76. The molecule has 0 spiro atoms. The van der Waals surface area contributed by atoms with Crippen LogP contribution in [0.2, 0.25) is 0 Å². The number of aliphatic hydroxyl groups is 1. The van der Waals surface area contributed by atoms with Gasteiger partial charge in [0.05, 0.1) is 6.61 Å². The predicted octanol–water partition coefficient (Wildman–Crippen LogP) is 2.07. The molecule has 1 rings (SSSR count). The third-order valence-corrected chi connectivity index (χ3v) is 3.08. The molecule has 0 amide bonds. The van der Waals surface area contributed by atoms with Crippen LogP contribution in [0.15, 0.2) is 0 Å². The van der Waals surface area contributed by atoms with E-state index in [9.17, 15) is 5.11 Å². The Morgan fingerprint density at radius 3 is 2.46 bits per heavy atom. The van der Waals surface area contributed by atoms with Gasteiger partial charge in [0.15, 0.2) is 0 Å². The summed E-state index contributed by atoms with van der Waals surface area (Å²) in [6.45, 7) is 4.66. The SMILES string of the molecule is CCCCC(CC)(CO)NC1CC1. The van der Waals surface area contributed by atoms with Crippen LogP contribution >= 0.6 is 0 Å². The van der Waals surface area contributed by atoms with E-state index in [4.69, 9.17) is 0 Å². The highest BCUT2D eigenvalue weighted by molar-refractivity contribution is 4.94. The highest BCUT2D eigenvalue weighted by atomic mass is 16.3. The molecule has 2 heteroatoms. The van der Waals surface area contributed by atoms with Gasteiger partial charge in [0, 0.05) is 11.6 Å². The van der Waals surface area contributed by atoms with Crippen LogP contribution in [0.1, 0.15) is 52.4 Å². The quantitative estimate of drug-likeness (QED) is 0.636. The van der Waals surface area contributed by atoms with Gasteiger partial charge in [-0.05, 0) is 25.7 Å². The molecule has 0 aromatic carbocycles. The maximum Gasteiger partial charge on any atom is 0.0613 e. The molecule has 0 radical (unpaired) electrons. The van der Waals surface area contributed by atoms with Crippen molar-refractivity contribution in [3.05, 3.63) is 0 Å². The van der Waals surface area contributed by atoms with Crippen molar-refractivity contribution in [3.63, 3.8) is 0 Å². The van der Waals surface area contributed by atoms with Crippen molar-refractivity contribution < 1.29 is 5.11 Å². The Bertz CT molecular complexity index is 139. The number of unbranched alkanes of at least 4 members (excludes halogenated alkanes) is 1. The van der Waals surface area contributed by atoms with Crippen molar-refractivity contribution in [1.82, 2.24) is 5.32 Å². The average Bonchev–Trinajstić information content (AvgIpc) is 2.96. The van der Waals surface area contributed by atoms with E-state index in [1.165, 1.54) is 25.7 Å². The molecule has 1 aliphatic rings. The van der Waals surface area contributed by atoms with Gasteiger partial charge in [-0.25, -0.2) is 0 Å². The Hall–Kier alpha value is -0.0800. The fourth-order valence-electron chi connectivity index (χ4n) is 1.76. The van der Waals surface area contributed by atoms with Gasteiger partial charge in [0.1, 0.15) is 0 Å². The minimum atomic E-state index is 0.0250. The first-order valence-electron chi connectivity index (χ1n) is 5.65.